The summed E-state index contributed by atoms with van der Waals surface area (Å²) in [7, 11) is -9.92. The van der Waals surface area contributed by atoms with Gasteiger partial charge in [0, 0.05) is 25.7 Å². The summed E-state index contributed by atoms with van der Waals surface area (Å²) in [6, 6.07) is 0. The Morgan fingerprint density at radius 2 is 0.455 bits per heavy atom. The van der Waals surface area contributed by atoms with Gasteiger partial charge in [0.25, 0.3) is 0 Å². The minimum atomic E-state index is -4.96. The fourth-order valence-electron chi connectivity index (χ4n) is 12.7. The highest BCUT2D eigenvalue weighted by molar-refractivity contribution is 7.47. The van der Waals surface area contributed by atoms with Crippen molar-refractivity contribution < 1.29 is 80.2 Å². The lowest BCUT2D eigenvalue weighted by molar-refractivity contribution is -0.161. The molecule has 0 amide bonds. The molecule has 0 aromatic heterocycles. The van der Waals surface area contributed by atoms with Crippen molar-refractivity contribution in [3.05, 3.63) is 0 Å². The van der Waals surface area contributed by atoms with Crippen molar-refractivity contribution in [3.8, 4) is 0 Å². The third kappa shape index (κ3) is 76.1. The lowest BCUT2D eigenvalue weighted by Gasteiger charge is -2.21. The molecule has 2 unspecified atom stereocenters. The molecule has 0 aliphatic heterocycles. The maximum absolute atomic E-state index is 13.1. The van der Waals surface area contributed by atoms with E-state index in [0.717, 1.165) is 102 Å². The summed E-state index contributed by atoms with van der Waals surface area (Å²) in [5.41, 5.74) is 0. The van der Waals surface area contributed by atoms with Crippen LogP contribution in [-0.4, -0.2) is 96.7 Å². The maximum Gasteiger partial charge on any atom is 0.472 e. The molecule has 0 aromatic carbocycles. The molecule has 0 aliphatic rings. The fraction of sp³-hybridized carbons (Fsp3) is 0.951. The summed E-state index contributed by atoms with van der Waals surface area (Å²) in [5, 5.41) is 10.6. The van der Waals surface area contributed by atoms with Crippen molar-refractivity contribution in [2.45, 2.75) is 452 Å². The lowest BCUT2D eigenvalue weighted by atomic mass is 10.0. The molecule has 0 saturated heterocycles. The van der Waals surface area contributed by atoms with Crippen LogP contribution < -0.4 is 0 Å². The summed E-state index contributed by atoms with van der Waals surface area (Å²) in [4.78, 5) is 73.1. The Labute approximate surface area is 619 Å². The molecule has 0 radical (unpaired) electrons. The van der Waals surface area contributed by atoms with E-state index in [1.54, 1.807) is 0 Å². The van der Waals surface area contributed by atoms with Crippen LogP contribution in [0.4, 0.5) is 0 Å². The number of phosphoric acid groups is 2. The van der Waals surface area contributed by atoms with Gasteiger partial charge in [-0.1, -0.05) is 382 Å². The Kier molecular flexibility index (Phi) is 72.2. The predicted molar refractivity (Wildman–Crippen MR) is 414 cm³/mol. The molecule has 0 bridgehead atoms. The normalized spacial score (nSPS) is 13.9. The number of rotatable bonds is 81. The van der Waals surface area contributed by atoms with E-state index in [1.165, 1.54) is 250 Å². The number of esters is 4. The Morgan fingerprint density at radius 1 is 0.267 bits per heavy atom. The first-order chi connectivity index (χ1) is 48.9. The molecule has 3 N–H and O–H groups in total. The number of phosphoric ester groups is 2. The van der Waals surface area contributed by atoms with Crippen LogP contribution in [0.25, 0.3) is 0 Å². The number of carbonyl (C=O) groups is 4. The smallest absolute Gasteiger partial charge is 0.462 e. The predicted octanol–water partition coefficient (Wildman–Crippen LogP) is 24.7. The van der Waals surface area contributed by atoms with Crippen molar-refractivity contribution in [1.29, 1.82) is 0 Å². The van der Waals surface area contributed by atoms with E-state index in [0.29, 0.717) is 25.7 Å². The van der Waals surface area contributed by atoms with Gasteiger partial charge in [-0.05, 0) is 37.5 Å². The second kappa shape index (κ2) is 73.6. The average Bonchev–Trinajstić information content (AvgIpc) is 0.947. The van der Waals surface area contributed by atoms with Crippen LogP contribution in [0.2, 0.25) is 0 Å². The van der Waals surface area contributed by atoms with E-state index in [9.17, 15) is 43.2 Å². The summed E-state index contributed by atoms with van der Waals surface area (Å²) in [6.07, 6.45) is 63.8. The second-order valence-electron chi connectivity index (χ2n) is 30.5. The SMILES string of the molecule is CCCCCCCCCCCCCCCCCCCCCCC(=O)O[C@H](COC(=O)CCCCCCCCCCCCCCCC(C)C)COP(=O)(O)OC[C@@H](O)COP(=O)(O)OC[C@@H](COC(=O)CCCCCCCCCCC(C)C)OC(=O)CCCCCCCCCCCCCCCC. The summed E-state index contributed by atoms with van der Waals surface area (Å²) < 4.78 is 68.8. The minimum Gasteiger partial charge on any atom is -0.462 e. The standard InChI is InChI=1S/C82H160O17P2/c1-7-9-11-13-15-17-19-21-23-24-25-26-27-28-32-37-41-49-55-61-67-82(87)98-77(70-92-79(84)64-58-52-46-39-35-33-29-30-34-38-44-50-56-62-74(3)4)72-96-100(88,89)94-68-76(83)69-95-101(90,91)97-73-78(71-93-80(85)65-59-53-47-43-42-45-51-57-63-75(5)6)99-81(86)66-60-54-48-40-36-31-22-20-18-16-14-12-10-8-2/h74-78,83H,7-73H2,1-6H3,(H,88,89)(H,90,91)/t76-,77-,78-/m1/s1. The molecule has 101 heavy (non-hydrogen) atoms. The van der Waals surface area contributed by atoms with Crippen LogP contribution in [0.5, 0.6) is 0 Å². The van der Waals surface area contributed by atoms with Gasteiger partial charge < -0.3 is 33.8 Å². The molecule has 0 spiro atoms. The average molecular weight is 1480 g/mol. The van der Waals surface area contributed by atoms with E-state index < -0.39 is 97.5 Å². The summed E-state index contributed by atoms with van der Waals surface area (Å²) >= 11 is 0. The van der Waals surface area contributed by atoms with Crippen LogP contribution in [0, 0.1) is 11.8 Å². The highest BCUT2D eigenvalue weighted by Crippen LogP contribution is 2.45. The van der Waals surface area contributed by atoms with Gasteiger partial charge in [-0.25, -0.2) is 9.13 Å². The number of hydrogen-bond acceptors (Lipinski definition) is 15. The molecular formula is C82H160O17P2. The van der Waals surface area contributed by atoms with Crippen LogP contribution in [0.15, 0.2) is 0 Å². The number of aliphatic hydroxyl groups excluding tert-OH is 1. The molecule has 19 heteroatoms. The molecule has 5 atom stereocenters. The van der Waals surface area contributed by atoms with Gasteiger partial charge in [-0.15, -0.1) is 0 Å². The van der Waals surface area contributed by atoms with Gasteiger partial charge in [-0.2, -0.15) is 0 Å². The van der Waals surface area contributed by atoms with Gasteiger partial charge in [0.1, 0.15) is 19.3 Å². The zero-order chi connectivity index (χ0) is 74.2. The van der Waals surface area contributed by atoms with Crippen LogP contribution in [0.1, 0.15) is 433 Å². The summed E-state index contributed by atoms with van der Waals surface area (Å²) in [5.74, 6) is -0.589. The Balaban J connectivity index is 5.24. The second-order valence-corrected chi connectivity index (χ2v) is 33.4. The number of aliphatic hydroxyl groups is 1. The lowest BCUT2D eigenvalue weighted by Crippen LogP contribution is -2.30. The quantitative estimate of drug-likeness (QED) is 0.0222. The van der Waals surface area contributed by atoms with Crippen molar-refractivity contribution in [1.82, 2.24) is 0 Å². The van der Waals surface area contributed by atoms with Crippen LogP contribution in [0.3, 0.4) is 0 Å². The monoisotopic (exact) mass is 1480 g/mol. The fourth-order valence-corrected chi connectivity index (χ4v) is 14.3. The van der Waals surface area contributed by atoms with E-state index >= 15 is 0 Å². The molecule has 0 saturated carbocycles. The molecule has 17 nitrogen and oxygen atoms in total. The third-order valence-electron chi connectivity index (χ3n) is 19.2. The third-order valence-corrected chi connectivity index (χ3v) is 21.1. The van der Waals surface area contributed by atoms with E-state index in [4.69, 9.17) is 37.0 Å². The van der Waals surface area contributed by atoms with Gasteiger partial charge >= 0.3 is 39.5 Å². The maximum atomic E-state index is 13.1. The van der Waals surface area contributed by atoms with Crippen LogP contribution in [-0.2, 0) is 65.4 Å². The van der Waals surface area contributed by atoms with Crippen molar-refractivity contribution in [2.75, 3.05) is 39.6 Å². The van der Waals surface area contributed by atoms with Gasteiger partial charge in [0.05, 0.1) is 26.4 Å². The zero-order valence-electron chi connectivity index (χ0n) is 66.2. The Bertz CT molecular complexity index is 1940. The van der Waals surface area contributed by atoms with Gasteiger partial charge in [-0.3, -0.25) is 37.3 Å². The highest BCUT2D eigenvalue weighted by atomic mass is 31.2. The van der Waals surface area contributed by atoms with Crippen molar-refractivity contribution >= 4 is 39.5 Å². The number of hydrogen-bond donors (Lipinski definition) is 3. The number of ether oxygens (including phenoxy) is 4. The number of unbranched alkanes of at least 4 members (excludes halogenated alkanes) is 51. The Morgan fingerprint density at radius 3 is 0.673 bits per heavy atom. The van der Waals surface area contributed by atoms with E-state index in [-0.39, 0.29) is 25.7 Å². The van der Waals surface area contributed by atoms with Crippen molar-refractivity contribution in [3.63, 3.8) is 0 Å². The largest absolute Gasteiger partial charge is 0.472 e. The van der Waals surface area contributed by atoms with E-state index in [2.05, 4.69) is 41.5 Å². The topological polar surface area (TPSA) is 237 Å². The van der Waals surface area contributed by atoms with E-state index in [1.807, 2.05) is 0 Å². The van der Waals surface area contributed by atoms with Gasteiger partial charge in [0.15, 0.2) is 12.2 Å². The van der Waals surface area contributed by atoms with Gasteiger partial charge in [0.2, 0.25) is 0 Å². The Hall–Kier alpha value is -1.94. The molecule has 0 rings (SSSR count). The van der Waals surface area contributed by atoms with Crippen LogP contribution >= 0.6 is 15.6 Å². The minimum absolute atomic E-state index is 0.108. The zero-order valence-corrected chi connectivity index (χ0v) is 68.0. The first kappa shape index (κ1) is 99.1. The molecule has 0 fully saturated rings. The summed E-state index contributed by atoms with van der Waals surface area (Å²) in [6.45, 7) is 9.63. The highest BCUT2D eigenvalue weighted by Gasteiger charge is 2.30. The molecule has 0 aromatic rings. The molecule has 0 heterocycles. The molecular weight excluding hydrogens is 1320 g/mol. The molecule has 600 valence electrons. The first-order valence-corrected chi connectivity index (χ1v) is 45.5. The van der Waals surface area contributed by atoms with Crippen molar-refractivity contribution in [2.24, 2.45) is 11.8 Å². The number of carbonyl (C=O) groups excluding carboxylic acids is 4. The molecule has 0 aliphatic carbocycles. The first-order valence-electron chi connectivity index (χ1n) is 42.5.